The van der Waals surface area contributed by atoms with E-state index in [0.29, 0.717) is 24.3 Å². The van der Waals surface area contributed by atoms with Crippen LogP contribution in [0.15, 0.2) is 65.2 Å². The third-order valence-electron chi connectivity index (χ3n) is 6.70. The molecule has 5 rings (SSSR count). The Morgan fingerprint density at radius 3 is 2.69 bits per heavy atom. The van der Waals surface area contributed by atoms with Gasteiger partial charge in [0.1, 0.15) is 34.7 Å². The van der Waals surface area contributed by atoms with E-state index >= 15 is 0 Å². The summed E-state index contributed by atoms with van der Waals surface area (Å²) in [7, 11) is 0. The highest BCUT2D eigenvalue weighted by Gasteiger charge is 2.54. The molecule has 202 valence electrons. The number of fused-ring (bicyclic) bond motifs is 1. The summed E-state index contributed by atoms with van der Waals surface area (Å²) in [6.45, 7) is 0.329. The Hall–Kier alpha value is -4.26. The molecule has 2 fully saturated rings. The Morgan fingerprint density at radius 1 is 1.21 bits per heavy atom. The number of pyridine rings is 2. The second kappa shape index (κ2) is 11.6. The Balaban J connectivity index is 1.36. The number of carbonyl (C=O) groups excluding carboxylic acids is 3. The van der Waals surface area contributed by atoms with Crippen molar-refractivity contribution in [2.75, 3.05) is 11.1 Å². The quantitative estimate of drug-likeness (QED) is 0.130. The van der Waals surface area contributed by atoms with Crippen LogP contribution in [0, 0.1) is 0 Å². The molecule has 2 atom stereocenters. The van der Waals surface area contributed by atoms with E-state index in [0.717, 1.165) is 25.7 Å². The second-order valence-corrected chi connectivity index (χ2v) is 10.4. The minimum absolute atomic E-state index is 0.0571. The number of aliphatic carboxylic acids is 1. The second-order valence-electron chi connectivity index (χ2n) is 9.29. The van der Waals surface area contributed by atoms with E-state index in [1.807, 2.05) is 35.2 Å². The largest absolute Gasteiger partial charge is 0.477 e. The topological polar surface area (TPSA) is 154 Å². The number of nitrogens with one attached hydrogen (secondary N) is 2. The summed E-state index contributed by atoms with van der Waals surface area (Å²) in [5.41, 5.74) is 0.566. The number of nitrogens with zero attached hydrogens (tertiary/aromatic N) is 4. The fourth-order valence-corrected chi connectivity index (χ4v) is 6.14. The van der Waals surface area contributed by atoms with Crippen molar-refractivity contribution in [1.29, 1.82) is 0 Å². The molecular formula is C26H27N6O6S+. The van der Waals surface area contributed by atoms with Crippen LogP contribution in [0.2, 0.25) is 0 Å². The van der Waals surface area contributed by atoms with E-state index in [2.05, 4.69) is 20.8 Å². The van der Waals surface area contributed by atoms with Crippen molar-refractivity contribution in [2.45, 2.75) is 49.7 Å². The molecular weight excluding hydrogens is 524 g/mol. The van der Waals surface area contributed by atoms with Crippen LogP contribution in [0.5, 0.6) is 0 Å². The minimum Gasteiger partial charge on any atom is -0.477 e. The van der Waals surface area contributed by atoms with Gasteiger partial charge in [0.25, 0.3) is 11.8 Å². The maximum Gasteiger partial charge on any atom is 0.352 e. The molecule has 2 aromatic rings. The summed E-state index contributed by atoms with van der Waals surface area (Å²) in [5, 5.41) is 18.6. The molecule has 12 nitrogen and oxygen atoms in total. The zero-order valence-corrected chi connectivity index (χ0v) is 21.7. The van der Waals surface area contributed by atoms with E-state index in [1.54, 1.807) is 18.2 Å². The number of hydrogen-bond acceptors (Lipinski definition) is 8. The zero-order valence-electron chi connectivity index (χ0n) is 20.9. The van der Waals surface area contributed by atoms with Gasteiger partial charge in [0.05, 0.1) is 0 Å². The highest BCUT2D eigenvalue weighted by Crippen LogP contribution is 2.40. The lowest BCUT2D eigenvalue weighted by Crippen LogP contribution is -2.71. The Labute approximate surface area is 228 Å². The molecule has 2 aliphatic heterocycles. The predicted octanol–water partition coefficient (Wildman–Crippen LogP) is 1.04. The van der Waals surface area contributed by atoms with Crippen LogP contribution in [-0.4, -0.2) is 68.2 Å². The first-order chi connectivity index (χ1) is 19.0. The van der Waals surface area contributed by atoms with Gasteiger partial charge in [0, 0.05) is 23.5 Å². The van der Waals surface area contributed by atoms with Crippen LogP contribution < -0.4 is 15.2 Å². The molecule has 0 radical (unpaired) electrons. The summed E-state index contributed by atoms with van der Waals surface area (Å²) in [6, 6.07) is 9.32. The number of rotatable bonds is 10. The van der Waals surface area contributed by atoms with Crippen LogP contribution in [0.25, 0.3) is 0 Å². The van der Waals surface area contributed by atoms with Crippen molar-refractivity contribution in [1.82, 2.24) is 15.2 Å². The van der Waals surface area contributed by atoms with Gasteiger partial charge in [-0.1, -0.05) is 17.3 Å². The number of thioether (sulfide) groups is 1. The van der Waals surface area contributed by atoms with E-state index in [9.17, 15) is 24.3 Å². The number of anilines is 1. The average molecular weight is 552 g/mol. The van der Waals surface area contributed by atoms with Crippen molar-refractivity contribution < 1.29 is 33.7 Å². The third-order valence-corrected chi connectivity index (χ3v) is 8.04. The summed E-state index contributed by atoms with van der Waals surface area (Å²) >= 11 is 1.39. The van der Waals surface area contributed by atoms with Crippen molar-refractivity contribution in [3.05, 3.63) is 65.8 Å². The van der Waals surface area contributed by atoms with Gasteiger partial charge in [-0.2, -0.15) is 0 Å². The highest BCUT2D eigenvalue weighted by atomic mass is 32.2. The molecule has 3 N–H and O–H groups in total. The van der Waals surface area contributed by atoms with Crippen molar-refractivity contribution in [2.24, 2.45) is 5.16 Å². The fourth-order valence-electron chi connectivity index (χ4n) is 4.81. The molecule has 2 aromatic heterocycles. The number of aromatic nitrogens is 2. The van der Waals surface area contributed by atoms with Crippen LogP contribution in [0.3, 0.4) is 0 Å². The maximum atomic E-state index is 13.4. The van der Waals surface area contributed by atoms with E-state index in [4.69, 9.17) is 4.84 Å². The van der Waals surface area contributed by atoms with Crippen LogP contribution in [0.4, 0.5) is 5.82 Å². The average Bonchev–Trinajstić information content (AvgIpc) is 3.46. The molecule has 3 aliphatic rings. The number of oxime groups is 1. The Bertz CT molecular complexity index is 1340. The standard InChI is InChI=1S/C26H26N6O6S/c33-15-27-19-10-6-9-18(28-19)20(30-38-17-7-2-3-8-17)23(34)29-21-24(35)32-22(26(36)37)16(14-39-25(21)32)13-31-11-4-1-5-12-31/h1,4-6,9-12,15,17,21,25H,2-3,7-8,13-14H2,(H2-,27,28,29,33,34,36,37)/p+1/t21?,25-/m1/s1. The summed E-state index contributed by atoms with van der Waals surface area (Å²) in [4.78, 5) is 60.8. The molecule has 0 spiro atoms. The number of hydrogen-bond donors (Lipinski definition) is 3. The van der Waals surface area contributed by atoms with Crippen LogP contribution >= 0.6 is 11.8 Å². The maximum absolute atomic E-state index is 13.4. The van der Waals surface area contributed by atoms with E-state index in [1.165, 1.54) is 16.7 Å². The summed E-state index contributed by atoms with van der Waals surface area (Å²) < 4.78 is 1.84. The van der Waals surface area contributed by atoms with Gasteiger partial charge in [-0.25, -0.2) is 14.3 Å². The first kappa shape index (κ1) is 26.4. The molecule has 13 heteroatoms. The first-order valence-corrected chi connectivity index (χ1v) is 13.6. The molecule has 0 bridgehead atoms. The van der Waals surface area contributed by atoms with E-state index in [-0.39, 0.29) is 29.0 Å². The smallest absolute Gasteiger partial charge is 0.352 e. The molecule has 3 amide bonds. The normalized spacial score (nSPS) is 21.2. The third kappa shape index (κ3) is 5.62. The van der Waals surface area contributed by atoms with Gasteiger partial charge in [-0.15, -0.1) is 11.8 Å². The molecule has 4 heterocycles. The van der Waals surface area contributed by atoms with Crippen molar-refractivity contribution >= 4 is 47.5 Å². The summed E-state index contributed by atoms with van der Waals surface area (Å²) in [6.07, 6.45) is 7.66. The monoisotopic (exact) mass is 551 g/mol. The summed E-state index contributed by atoms with van der Waals surface area (Å²) in [5.74, 6) is -1.79. The molecule has 1 saturated heterocycles. The minimum atomic E-state index is -1.19. The number of carboxylic acids is 1. The first-order valence-electron chi connectivity index (χ1n) is 12.5. The van der Waals surface area contributed by atoms with Gasteiger partial charge in [-0.3, -0.25) is 19.3 Å². The number of amides is 3. The lowest BCUT2D eigenvalue weighted by molar-refractivity contribution is -0.689. The lowest BCUT2D eigenvalue weighted by Gasteiger charge is -2.49. The predicted molar refractivity (Wildman–Crippen MR) is 140 cm³/mol. The van der Waals surface area contributed by atoms with Gasteiger partial charge in [0.15, 0.2) is 24.7 Å². The lowest BCUT2D eigenvalue weighted by atomic mass is 10.0. The van der Waals surface area contributed by atoms with Gasteiger partial charge >= 0.3 is 5.97 Å². The van der Waals surface area contributed by atoms with Gasteiger partial charge < -0.3 is 20.6 Å². The number of β-lactam (4-membered cyclic amide) rings is 1. The Morgan fingerprint density at radius 2 is 1.97 bits per heavy atom. The molecule has 39 heavy (non-hydrogen) atoms. The van der Waals surface area contributed by atoms with Crippen molar-refractivity contribution in [3.63, 3.8) is 0 Å². The van der Waals surface area contributed by atoms with Gasteiger partial charge in [0.2, 0.25) is 6.41 Å². The van der Waals surface area contributed by atoms with Crippen molar-refractivity contribution in [3.8, 4) is 0 Å². The molecule has 1 unspecified atom stereocenters. The SMILES string of the molecule is O=CNc1cccc(C(=NOC2CCCC2)C(=O)NC2C(=O)N3C(C(=O)O)=C(C[n+]4ccccc4)CS[C@H]23)n1. The number of carboxylic acid groups (broad SMARTS) is 1. The van der Waals surface area contributed by atoms with Crippen LogP contribution in [0.1, 0.15) is 31.4 Å². The highest BCUT2D eigenvalue weighted by molar-refractivity contribution is 8.00. The number of carbonyl (C=O) groups is 4. The van der Waals surface area contributed by atoms with Crippen LogP contribution in [-0.2, 0) is 30.6 Å². The zero-order chi connectivity index (χ0) is 27.4. The van der Waals surface area contributed by atoms with Gasteiger partial charge in [-0.05, 0) is 37.8 Å². The molecule has 0 aromatic carbocycles. The molecule has 1 aliphatic carbocycles. The van der Waals surface area contributed by atoms with E-state index < -0.39 is 29.2 Å². The Kier molecular flexibility index (Phi) is 7.87. The fraction of sp³-hybridized carbons (Fsp3) is 0.346. The molecule has 1 saturated carbocycles.